The van der Waals surface area contributed by atoms with E-state index in [1.807, 2.05) is 25.7 Å². The van der Waals surface area contributed by atoms with E-state index in [4.69, 9.17) is 16.3 Å². The molecule has 0 atom stereocenters. The van der Waals surface area contributed by atoms with Gasteiger partial charge in [0.05, 0.1) is 32.6 Å². The highest BCUT2D eigenvalue weighted by Gasteiger charge is 2.29. The fourth-order valence-electron chi connectivity index (χ4n) is 3.30. The zero-order valence-corrected chi connectivity index (χ0v) is 19.5. The number of carbonyl (C=O) groups is 2. The molecule has 162 valence electrons. The van der Waals surface area contributed by atoms with Crippen LogP contribution in [0, 0.1) is 5.82 Å². The van der Waals surface area contributed by atoms with Gasteiger partial charge < -0.3 is 19.4 Å². The number of amides is 2. The largest absolute Gasteiger partial charge is 0.444 e. The number of hydrogen-bond acceptors (Lipinski definition) is 5. The summed E-state index contributed by atoms with van der Waals surface area (Å²) in [5.74, 6) is -0.520. The van der Waals surface area contributed by atoms with Crippen molar-refractivity contribution >= 4 is 62.3 Å². The van der Waals surface area contributed by atoms with Gasteiger partial charge in [0.1, 0.15) is 11.4 Å². The summed E-state index contributed by atoms with van der Waals surface area (Å²) in [6, 6.07) is 1.36. The molecule has 2 heterocycles. The van der Waals surface area contributed by atoms with Crippen molar-refractivity contribution in [3.05, 3.63) is 27.6 Å². The van der Waals surface area contributed by atoms with E-state index in [0.29, 0.717) is 54.9 Å². The summed E-state index contributed by atoms with van der Waals surface area (Å²) in [4.78, 5) is 33.2. The quantitative estimate of drug-likeness (QED) is 0.460. The summed E-state index contributed by atoms with van der Waals surface area (Å²) in [6.07, 6.45) is 1.84. The molecule has 0 unspecified atom stereocenters. The van der Waals surface area contributed by atoms with Crippen LogP contribution in [-0.4, -0.2) is 61.2 Å². The first kappa shape index (κ1) is 22.6. The van der Waals surface area contributed by atoms with Gasteiger partial charge in [-0.3, -0.25) is 9.78 Å². The number of hydrogen-bond donors (Lipinski definition) is 0. The second kappa shape index (κ2) is 8.55. The molecular weight excluding hydrogens is 479 g/mol. The molecule has 0 N–H and O–H groups in total. The molecule has 1 aromatic heterocycles. The number of anilines is 2. The number of rotatable bonds is 3. The van der Waals surface area contributed by atoms with Gasteiger partial charge in [0.2, 0.25) is 6.41 Å². The average molecular weight is 502 g/mol. The summed E-state index contributed by atoms with van der Waals surface area (Å²) in [5.41, 5.74) is 1.03. The molecule has 1 fully saturated rings. The number of fused-ring (bicyclic) bond motifs is 1. The predicted octanol–water partition coefficient (Wildman–Crippen LogP) is 4.44. The number of aromatic nitrogens is 1. The summed E-state index contributed by atoms with van der Waals surface area (Å²) in [7, 11) is 1.60. The van der Waals surface area contributed by atoms with Gasteiger partial charge in [-0.2, -0.15) is 0 Å². The van der Waals surface area contributed by atoms with E-state index in [1.54, 1.807) is 18.1 Å². The van der Waals surface area contributed by atoms with Crippen LogP contribution in [0.3, 0.4) is 0 Å². The predicted molar refractivity (Wildman–Crippen MR) is 119 cm³/mol. The molecular formula is C20H23BrClFN4O3. The molecule has 0 radical (unpaired) electrons. The Morgan fingerprint density at radius 2 is 1.97 bits per heavy atom. The Bertz CT molecular complexity index is 990. The van der Waals surface area contributed by atoms with Crippen LogP contribution in [0.4, 0.5) is 20.6 Å². The van der Waals surface area contributed by atoms with Gasteiger partial charge in [0, 0.05) is 38.6 Å². The first-order valence-corrected chi connectivity index (χ1v) is 10.6. The molecule has 3 rings (SSSR count). The fourth-order valence-corrected chi connectivity index (χ4v) is 3.85. The molecule has 2 aromatic rings. The SMILES string of the molecule is CN(C=O)c1cnc2c(Cl)c(Br)c(F)cc2c1N1CCN(C(=O)OC(C)(C)C)CC1. The van der Waals surface area contributed by atoms with E-state index >= 15 is 0 Å². The summed E-state index contributed by atoms with van der Waals surface area (Å²) in [6.45, 7) is 7.28. The number of piperazine rings is 1. The number of pyridine rings is 1. The maximum atomic E-state index is 14.5. The van der Waals surface area contributed by atoms with E-state index < -0.39 is 11.4 Å². The Morgan fingerprint density at radius 3 is 2.53 bits per heavy atom. The van der Waals surface area contributed by atoms with E-state index in [9.17, 15) is 14.0 Å². The molecule has 1 aliphatic rings. The minimum atomic E-state index is -0.572. The van der Waals surface area contributed by atoms with Crippen molar-refractivity contribution in [3.8, 4) is 0 Å². The maximum Gasteiger partial charge on any atom is 0.410 e. The zero-order valence-electron chi connectivity index (χ0n) is 17.2. The van der Waals surface area contributed by atoms with Crippen molar-refractivity contribution in [2.24, 2.45) is 0 Å². The molecule has 0 bridgehead atoms. The first-order valence-electron chi connectivity index (χ1n) is 9.40. The molecule has 1 saturated heterocycles. The highest BCUT2D eigenvalue weighted by atomic mass is 79.9. The molecule has 7 nitrogen and oxygen atoms in total. The minimum Gasteiger partial charge on any atom is -0.444 e. The second-order valence-electron chi connectivity index (χ2n) is 8.05. The smallest absolute Gasteiger partial charge is 0.410 e. The van der Waals surface area contributed by atoms with Gasteiger partial charge in [0.15, 0.2) is 0 Å². The third kappa shape index (κ3) is 4.46. The Kier molecular flexibility index (Phi) is 6.43. The number of ether oxygens (including phenoxy) is 1. The van der Waals surface area contributed by atoms with Gasteiger partial charge in [-0.05, 0) is 42.8 Å². The monoisotopic (exact) mass is 500 g/mol. The van der Waals surface area contributed by atoms with Crippen molar-refractivity contribution in [2.45, 2.75) is 26.4 Å². The molecule has 0 saturated carbocycles. The van der Waals surface area contributed by atoms with Crippen molar-refractivity contribution < 1.29 is 18.7 Å². The molecule has 30 heavy (non-hydrogen) atoms. The number of halogens is 3. The number of carbonyl (C=O) groups excluding carboxylic acids is 2. The molecule has 0 spiro atoms. The van der Waals surface area contributed by atoms with Crippen LogP contribution in [0.25, 0.3) is 10.9 Å². The lowest BCUT2D eigenvalue weighted by atomic mass is 10.1. The van der Waals surface area contributed by atoms with Gasteiger partial charge >= 0.3 is 6.09 Å². The normalized spacial score (nSPS) is 14.8. The lowest BCUT2D eigenvalue weighted by molar-refractivity contribution is -0.107. The van der Waals surface area contributed by atoms with Crippen LogP contribution >= 0.6 is 27.5 Å². The molecule has 0 aliphatic carbocycles. The summed E-state index contributed by atoms with van der Waals surface area (Å²) in [5, 5.41) is 0.663. The van der Waals surface area contributed by atoms with Crippen LogP contribution in [-0.2, 0) is 9.53 Å². The summed E-state index contributed by atoms with van der Waals surface area (Å²) >= 11 is 9.46. The Morgan fingerprint density at radius 1 is 1.33 bits per heavy atom. The van der Waals surface area contributed by atoms with Crippen LogP contribution < -0.4 is 9.80 Å². The van der Waals surface area contributed by atoms with Crippen LogP contribution in [0.15, 0.2) is 16.7 Å². The van der Waals surface area contributed by atoms with Crippen molar-refractivity contribution in [3.63, 3.8) is 0 Å². The molecule has 1 aromatic carbocycles. The Hall–Kier alpha value is -2.13. The van der Waals surface area contributed by atoms with Crippen LogP contribution in [0.1, 0.15) is 20.8 Å². The average Bonchev–Trinajstić information content (AvgIpc) is 2.69. The van der Waals surface area contributed by atoms with Gasteiger partial charge in [-0.1, -0.05) is 11.6 Å². The van der Waals surface area contributed by atoms with E-state index in [0.717, 1.165) is 0 Å². The Labute approximate surface area is 187 Å². The van der Waals surface area contributed by atoms with E-state index in [2.05, 4.69) is 20.9 Å². The highest BCUT2D eigenvalue weighted by molar-refractivity contribution is 9.10. The standard InChI is InChI=1S/C20H23BrClFN4O3/c1-20(2,3)30-19(29)27-7-5-26(6-8-27)18-12-9-13(23)15(21)16(22)17(12)24-10-14(18)25(4)11-28/h9-11H,5-8H2,1-4H3. The minimum absolute atomic E-state index is 0.140. The number of nitrogens with zero attached hydrogens (tertiary/aromatic N) is 4. The molecule has 2 amide bonds. The lowest BCUT2D eigenvalue weighted by Crippen LogP contribution is -2.50. The van der Waals surface area contributed by atoms with Crippen LogP contribution in [0.2, 0.25) is 5.02 Å². The van der Waals surface area contributed by atoms with Crippen molar-refractivity contribution in [2.75, 3.05) is 43.0 Å². The molecule has 10 heteroatoms. The third-order valence-corrected chi connectivity index (χ3v) is 6.11. The van der Waals surface area contributed by atoms with Crippen molar-refractivity contribution in [1.29, 1.82) is 0 Å². The fraction of sp³-hybridized carbons (Fsp3) is 0.450. The second-order valence-corrected chi connectivity index (χ2v) is 9.22. The lowest BCUT2D eigenvalue weighted by Gasteiger charge is -2.38. The molecule has 1 aliphatic heterocycles. The van der Waals surface area contributed by atoms with Gasteiger partial charge in [-0.15, -0.1) is 0 Å². The number of benzene rings is 1. The van der Waals surface area contributed by atoms with Crippen molar-refractivity contribution in [1.82, 2.24) is 9.88 Å². The maximum absolute atomic E-state index is 14.5. The Balaban J connectivity index is 1.99. The summed E-state index contributed by atoms with van der Waals surface area (Å²) < 4.78 is 20.1. The first-order chi connectivity index (χ1) is 14.0. The third-order valence-electron chi connectivity index (χ3n) is 4.74. The van der Waals surface area contributed by atoms with Gasteiger partial charge in [-0.25, -0.2) is 9.18 Å². The van der Waals surface area contributed by atoms with E-state index in [-0.39, 0.29) is 15.6 Å². The van der Waals surface area contributed by atoms with Crippen LogP contribution in [0.5, 0.6) is 0 Å². The topological polar surface area (TPSA) is 66.0 Å². The highest BCUT2D eigenvalue weighted by Crippen LogP contribution is 2.41. The zero-order chi connectivity index (χ0) is 22.2. The van der Waals surface area contributed by atoms with E-state index in [1.165, 1.54) is 11.0 Å². The van der Waals surface area contributed by atoms with Gasteiger partial charge in [0.25, 0.3) is 0 Å².